The van der Waals surface area contributed by atoms with Crippen LogP contribution in [0.25, 0.3) is 22.2 Å². The Morgan fingerprint density at radius 2 is 1.91 bits per heavy atom. The number of amides is 1. The fraction of sp³-hybridized carbons (Fsp3) is 0.208. The van der Waals surface area contributed by atoms with E-state index in [-0.39, 0.29) is 17.2 Å². The second-order valence-corrected chi connectivity index (χ2v) is 8.72. The van der Waals surface area contributed by atoms with Gasteiger partial charge < -0.3 is 10.3 Å². The number of halogens is 1. The predicted molar refractivity (Wildman–Crippen MR) is 132 cm³/mol. The molecule has 0 aliphatic heterocycles. The first-order valence-corrected chi connectivity index (χ1v) is 11.8. The third-order valence-corrected chi connectivity index (χ3v) is 6.26. The van der Waals surface area contributed by atoms with Crippen molar-refractivity contribution in [1.29, 1.82) is 0 Å². The Kier molecular flexibility index (Phi) is 6.97. The molecule has 4 rings (SSSR count). The highest BCUT2D eigenvalue weighted by Gasteiger charge is 2.17. The lowest BCUT2D eigenvalue weighted by atomic mass is 10.1. The van der Waals surface area contributed by atoms with Crippen LogP contribution in [0.2, 0.25) is 5.02 Å². The van der Waals surface area contributed by atoms with Crippen molar-refractivity contribution in [2.24, 2.45) is 0 Å². The lowest BCUT2D eigenvalue weighted by molar-refractivity contribution is -0.113. The van der Waals surface area contributed by atoms with Gasteiger partial charge in [-0.3, -0.25) is 14.2 Å². The average Bonchev–Trinajstić information content (AvgIpc) is 3.23. The van der Waals surface area contributed by atoms with Gasteiger partial charge in [0.05, 0.1) is 5.75 Å². The molecule has 0 spiro atoms. The molecule has 0 fully saturated rings. The molecule has 6 nitrogen and oxygen atoms in total. The Hall–Kier alpha value is -3.03. The second kappa shape index (κ2) is 10.1. The molecule has 2 N–H and O–H groups in total. The van der Waals surface area contributed by atoms with Crippen LogP contribution in [0, 0.1) is 0 Å². The van der Waals surface area contributed by atoms with Crippen LogP contribution in [-0.4, -0.2) is 26.2 Å². The largest absolute Gasteiger partial charge is 0.355 e. The van der Waals surface area contributed by atoms with Gasteiger partial charge in [-0.2, -0.15) is 0 Å². The molecule has 1 amide bonds. The van der Waals surface area contributed by atoms with Crippen LogP contribution in [0.1, 0.15) is 19.8 Å². The van der Waals surface area contributed by atoms with Gasteiger partial charge in [-0.25, -0.2) is 4.98 Å². The molecule has 4 aromatic rings. The molecule has 0 aliphatic rings. The first kappa shape index (κ1) is 22.2. The SMILES string of the molecule is CCCCn1c(SCC(=O)Nc2ccc(Cl)cc2)nc2c(-c3ccccc3)c[nH]c2c1=O. The summed E-state index contributed by atoms with van der Waals surface area (Å²) < 4.78 is 1.66. The number of carbonyl (C=O) groups is 1. The summed E-state index contributed by atoms with van der Waals surface area (Å²) in [6.45, 7) is 2.63. The zero-order valence-corrected chi connectivity index (χ0v) is 19.2. The highest BCUT2D eigenvalue weighted by molar-refractivity contribution is 7.99. The van der Waals surface area contributed by atoms with Crippen molar-refractivity contribution < 1.29 is 4.79 Å². The number of aromatic nitrogens is 3. The number of benzene rings is 2. The van der Waals surface area contributed by atoms with E-state index in [1.807, 2.05) is 36.5 Å². The van der Waals surface area contributed by atoms with Crippen LogP contribution in [0.15, 0.2) is 70.7 Å². The van der Waals surface area contributed by atoms with Crippen molar-refractivity contribution in [3.63, 3.8) is 0 Å². The topological polar surface area (TPSA) is 79.8 Å². The van der Waals surface area contributed by atoms with Gasteiger partial charge in [0.15, 0.2) is 5.16 Å². The molecule has 0 aliphatic carbocycles. The summed E-state index contributed by atoms with van der Waals surface area (Å²) in [5.74, 6) is -0.0382. The Balaban J connectivity index is 1.64. The number of nitrogens with one attached hydrogen (secondary N) is 2. The monoisotopic (exact) mass is 466 g/mol. The molecule has 164 valence electrons. The van der Waals surface area contributed by atoms with Crippen molar-refractivity contribution in [1.82, 2.24) is 14.5 Å². The van der Waals surface area contributed by atoms with Gasteiger partial charge in [-0.1, -0.05) is 67.0 Å². The third kappa shape index (κ3) is 4.89. The summed E-state index contributed by atoms with van der Waals surface area (Å²) in [4.78, 5) is 33.6. The maximum atomic E-state index is 13.2. The van der Waals surface area contributed by atoms with Gasteiger partial charge in [0, 0.05) is 29.0 Å². The van der Waals surface area contributed by atoms with E-state index in [0.717, 1.165) is 24.0 Å². The van der Waals surface area contributed by atoms with Gasteiger partial charge in [0.25, 0.3) is 5.56 Å². The van der Waals surface area contributed by atoms with E-state index >= 15 is 0 Å². The maximum Gasteiger partial charge on any atom is 0.278 e. The molecule has 0 unspecified atom stereocenters. The Labute approximate surface area is 195 Å². The summed E-state index contributed by atoms with van der Waals surface area (Å²) >= 11 is 7.16. The normalized spacial score (nSPS) is 11.1. The number of rotatable bonds is 8. The van der Waals surface area contributed by atoms with E-state index in [4.69, 9.17) is 16.6 Å². The molecule has 2 heterocycles. The van der Waals surface area contributed by atoms with Gasteiger partial charge in [0.2, 0.25) is 5.91 Å². The molecule has 0 bridgehead atoms. The Morgan fingerprint density at radius 1 is 1.16 bits per heavy atom. The van der Waals surface area contributed by atoms with Crippen molar-refractivity contribution in [3.05, 3.63) is 76.2 Å². The van der Waals surface area contributed by atoms with Crippen LogP contribution >= 0.6 is 23.4 Å². The highest BCUT2D eigenvalue weighted by Crippen LogP contribution is 2.28. The van der Waals surface area contributed by atoms with E-state index in [9.17, 15) is 9.59 Å². The minimum Gasteiger partial charge on any atom is -0.355 e. The minimum atomic E-state index is -0.175. The van der Waals surface area contributed by atoms with E-state index in [0.29, 0.717) is 33.4 Å². The van der Waals surface area contributed by atoms with Gasteiger partial charge in [-0.15, -0.1) is 0 Å². The number of unbranched alkanes of at least 4 members (excludes halogenated alkanes) is 1. The number of fused-ring (bicyclic) bond motifs is 1. The molecule has 8 heteroatoms. The van der Waals surface area contributed by atoms with Crippen molar-refractivity contribution in [2.75, 3.05) is 11.1 Å². The van der Waals surface area contributed by atoms with Crippen LogP contribution in [0.3, 0.4) is 0 Å². The van der Waals surface area contributed by atoms with Gasteiger partial charge >= 0.3 is 0 Å². The molecule has 0 atom stereocenters. The molecule has 2 aromatic heterocycles. The summed E-state index contributed by atoms with van der Waals surface area (Å²) in [7, 11) is 0. The summed E-state index contributed by atoms with van der Waals surface area (Å²) in [6, 6.07) is 16.8. The van der Waals surface area contributed by atoms with E-state index in [2.05, 4.69) is 17.2 Å². The standard InChI is InChI=1S/C24H23ClN4O2S/c1-2-3-13-29-23(31)22-21(19(14-26-22)16-7-5-4-6-8-16)28-24(29)32-15-20(30)27-18-11-9-17(25)10-12-18/h4-12,14,26H,2-3,13,15H2,1H3,(H,27,30). The zero-order chi connectivity index (χ0) is 22.5. The lowest BCUT2D eigenvalue weighted by Gasteiger charge is -2.12. The van der Waals surface area contributed by atoms with E-state index in [1.54, 1.807) is 28.8 Å². The van der Waals surface area contributed by atoms with Crippen LogP contribution in [0.4, 0.5) is 5.69 Å². The maximum absolute atomic E-state index is 13.2. The van der Waals surface area contributed by atoms with Gasteiger partial charge in [0.1, 0.15) is 11.0 Å². The fourth-order valence-corrected chi connectivity index (χ4v) is 4.34. The van der Waals surface area contributed by atoms with Crippen molar-refractivity contribution in [2.45, 2.75) is 31.5 Å². The molecule has 0 saturated heterocycles. The number of thioether (sulfide) groups is 1. The second-order valence-electron chi connectivity index (χ2n) is 7.34. The number of anilines is 1. The quantitative estimate of drug-likeness (QED) is 0.262. The fourth-order valence-electron chi connectivity index (χ4n) is 3.39. The number of hydrogen-bond donors (Lipinski definition) is 2. The minimum absolute atomic E-state index is 0.119. The molecular weight excluding hydrogens is 444 g/mol. The number of H-pyrrole nitrogens is 1. The summed E-state index contributed by atoms with van der Waals surface area (Å²) in [6.07, 6.45) is 3.62. The Bertz CT molecular complexity index is 1280. The lowest BCUT2D eigenvalue weighted by Crippen LogP contribution is -2.24. The molecule has 32 heavy (non-hydrogen) atoms. The van der Waals surface area contributed by atoms with Crippen LogP contribution in [-0.2, 0) is 11.3 Å². The number of nitrogens with zero attached hydrogens (tertiary/aromatic N) is 2. The molecule has 2 aromatic carbocycles. The highest BCUT2D eigenvalue weighted by atomic mass is 35.5. The molecule has 0 radical (unpaired) electrons. The predicted octanol–water partition coefficient (Wildman–Crippen LogP) is 5.58. The van der Waals surface area contributed by atoms with Gasteiger partial charge in [-0.05, 0) is 36.2 Å². The molecule has 0 saturated carbocycles. The van der Waals surface area contributed by atoms with Crippen LogP contribution in [0.5, 0.6) is 0 Å². The number of aromatic amines is 1. The van der Waals surface area contributed by atoms with Crippen molar-refractivity contribution >= 4 is 46.0 Å². The first-order chi connectivity index (χ1) is 15.6. The zero-order valence-electron chi connectivity index (χ0n) is 17.6. The molecular formula is C24H23ClN4O2S. The van der Waals surface area contributed by atoms with Crippen molar-refractivity contribution in [3.8, 4) is 11.1 Å². The first-order valence-electron chi connectivity index (χ1n) is 10.4. The van der Waals surface area contributed by atoms with Crippen LogP contribution < -0.4 is 10.9 Å². The Morgan fingerprint density at radius 3 is 2.62 bits per heavy atom. The average molecular weight is 467 g/mol. The number of hydrogen-bond acceptors (Lipinski definition) is 4. The van der Waals surface area contributed by atoms with E-state index < -0.39 is 0 Å². The summed E-state index contributed by atoms with van der Waals surface area (Å²) in [5, 5.41) is 3.99. The third-order valence-electron chi connectivity index (χ3n) is 5.03. The smallest absolute Gasteiger partial charge is 0.278 e. The summed E-state index contributed by atoms with van der Waals surface area (Å²) in [5.41, 5.74) is 3.50. The van der Waals surface area contributed by atoms with E-state index in [1.165, 1.54) is 11.8 Å². The number of carbonyl (C=O) groups excluding carboxylic acids is 1.